The SMILES string of the molecule is C=C(Br)Cn1c(=S)[nH]c2c(C)nn(C)c21. The lowest BCUT2D eigenvalue weighted by molar-refractivity contribution is 0.720. The van der Waals surface area contributed by atoms with Crippen LogP contribution in [0.5, 0.6) is 0 Å². The second kappa shape index (κ2) is 3.61. The first-order valence-electron chi connectivity index (χ1n) is 4.46. The Labute approximate surface area is 101 Å². The zero-order valence-electron chi connectivity index (χ0n) is 8.54. The van der Waals surface area contributed by atoms with E-state index in [1.54, 1.807) is 0 Å². The first-order valence-corrected chi connectivity index (χ1v) is 5.66. The van der Waals surface area contributed by atoms with Crippen LogP contribution in [-0.2, 0) is 13.6 Å². The van der Waals surface area contributed by atoms with Gasteiger partial charge in [0.05, 0.1) is 12.2 Å². The minimum Gasteiger partial charge on any atom is -0.328 e. The molecule has 0 spiro atoms. The highest BCUT2D eigenvalue weighted by Crippen LogP contribution is 2.18. The molecule has 2 aromatic heterocycles. The molecule has 0 aliphatic heterocycles. The molecule has 0 fully saturated rings. The van der Waals surface area contributed by atoms with Gasteiger partial charge in [-0.1, -0.05) is 22.5 Å². The van der Waals surface area contributed by atoms with Crippen molar-refractivity contribution in [2.75, 3.05) is 0 Å². The summed E-state index contributed by atoms with van der Waals surface area (Å²) in [6, 6.07) is 0. The predicted octanol–water partition coefficient (Wildman–Crippen LogP) is 2.65. The zero-order chi connectivity index (χ0) is 11.2. The van der Waals surface area contributed by atoms with Crippen LogP contribution in [0.25, 0.3) is 11.2 Å². The van der Waals surface area contributed by atoms with E-state index in [0.29, 0.717) is 11.3 Å². The highest BCUT2D eigenvalue weighted by atomic mass is 79.9. The van der Waals surface area contributed by atoms with Gasteiger partial charge in [-0.25, -0.2) is 0 Å². The Bertz CT molecular complexity index is 589. The van der Waals surface area contributed by atoms with E-state index in [4.69, 9.17) is 12.2 Å². The van der Waals surface area contributed by atoms with Crippen LogP contribution >= 0.6 is 28.1 Å². The van der Waals surface area contributed by atoms with Crippen LogP contribution in [0.2, 0.25) is 0 Å². The number of fused-ring (bicyclic) bond motifs is 1. The van der Waals surface area contributed by atoms with Crippen molar-refractivity contribution in [2.24, 2.45) is 7.05 Å². The molecular formula is C9H11BrN4S. The van der Waals surface area contributed by atoms with Gasteiger partial charge in [0.2, 0.25) is 0 Å². The van der Waals surface area contributed by atoms with Gasteiger partial charge in [0.25, 0.3) is 0 Å². The molecule has 0 saturated carbocycles. The van der Waals surface area contributed by atoms with E-state index < -0.39 is 0 Å². The molecule has 6 heteroatoms. The Morgan fingerprint density at radius 3 is 2.93 bits per heavy atom. The Hall–Kier alpha value is -0.880. The highest BCUT2D eigenvalue weighted by Gasteiger charge is 2.12. The Morgan fingerprint density at radius 2 is 2.33 bits per heavy atom. The normalized spacial score (nSPS) is 11.1. The van der Waals surface area contributed by atoms with Crippen molar-refractivity contribution in [2.45, 2.75) is 13.5 Å². The summed E-state index contributed by atoms with van der Waals surface area (Å²) in [6.45, 7) is 6.43. The van der Waals surface area contributed by atoms with E-state index in [0.717, 1.165) is 21.3 Å². The number of allylic oxidation sites excluding steroid dienone is 1. The Kier molecular flexibility index (Phi) is 2.56. The topological polar surface area (TPSA) is 38.5 Å². The number of nitrogens with one attached hydrogen (secondary N) is 1. The maximum Gasteiger partial charge on any atom is 0.179 e. The van der Waals surface area contributed by atoms with Crippen molar-refractivity contribution in [3.8, 4) is 0 Å². The highest BCUT2D eigenvalue weighted by molar-refractivity contribution is 9.11. The molecule has 0 aromatic carbocycles. The van der Waals surface area contributed by atoms with Crippen LogP contribution in [0.15, 0.2) is 11.1 Å². The molecule has 4 nitrogen and oxygen atoms in total. The first-order chi connectivity index (χ1) is 7.00. The van der Waals surface area contributed by atoms with E-state index >= 15 is 0 Å². The van der Waals surface area contributed by atoms with Gasteiger partial charge >= 0.3 is 0 Å². The number of aromatic amines is 1. The third-order valence-corrected chi connectivity index (χ3v) is 2.83. The van der Waals surface area contributed by atoms with Gasteiger partial charge in [-0.15, -0.1) is 0 Å². The number of rotatable bonds is 2. The number of nitrogens with zero attached hydrogens (tertiary/aromatic N) is 3. The maximum atomic E-state index is 5.25. The fourth-order valence-corrected chi connectivity index (χ4v) is 2.19. The molecule has 0 saturated heterocycles. The van der Waals surface area contributed by atoms with E-state index in [9.17, 15) is 0 Å². The van der Waals surface area contributed by atoms with Crippen LogP contribution in [0.1, 0.15) is 5.69 Å². The molecule has 0 unspecified atom stereocenters. The van der Waals surface area contributed by atoms with Crippen LogP contribution in [-0.4, -0.2) is 19.3 Å². The molecule has 15 heavy (non-hydrogen) atoms. The third-order valence-electron chi connectivity index (χ3n) is 2.25. The summed E-state index contributed by atoms with van der Waals surface area (Å²) in [5.74, 6) is 0. The summed E-state index contributed by atoms with van der Waals surface area (Å²) in [4.78, 5) is 3.15. The average Bonchev–Trinajstić information content (AvgIpc) is 2.55. The van der Waals surface area contributed by atoms with E-state index in [1.165, 1.54) is 0 Å². The largest absolute Gasteiger partial charge is 0.328 e. The second-order valence-electron chi connectivity index (χ2n) is 3.44. The lowest BCUT2D eigenvalue weighted by Crippen LogP contribution is -2.02. The summed E-state index contributed by atoms with van der Waals surface area (Å²) in [7, 11) is 1.91. The molecule has 80 valence electrons. The lowest BCUT2D eigenvalue weighted by atomic mass is 10.4. The Balaban J connectivity index is 2.77. The lowest BCUT2D eigenvalue weighted by Gasteiger charge is -2.02. The summed E-state index contributed by atoms with van der Waals surface area (Å²) in [6.07, 6.45) is 0. The molecule has 0 aliphatic rings. The number of H-pyrrole nitrogens is 1. The third kappa shape index (κ3) is 1.68. The van der Waals surface area contributed by atoms with Crippen molar-refractivity contribution in [1.82, 2.24) is 19.3 Å². The van der Waals surface area contributed by atoms with E-state index in [-0.39, 0.29) is 0 Å². The quantitative estimate of drug-likeness (QED) is 0.862. The van der Waals surface area contributed by atoms with Crippen molar-refractivity contribution < 1.29 is 0 Å². The van der Waals surface area contributed by atoms with Gasteiger partial charge in [-0.05, 0) is 19.1 Å². The second-order valence-corrected chi connectivity index (χ2v) is 4.95. The van der Waals surface area contributed by atoms with Gasteiger partial charge in [0.1, 0.15) is 5.52 Å². The van der Waals surface area contributed by atoms with Gasteiger partial charge in [-0.3, -0.25) is 9.25 Å². The molecule has 0 amide bonds. The molecule has 0 atom stereocenters. The zero-order valence-corrected chi connectivity index (χ0v) is 10.9. The monoisotopic (exact) mass is 286 g/mol. The fraction of sp³-hybridized carbons (Fsp3) is 0.333. The number of imidazole rings is 1. The molecule has 1 N–H and O–H groups in total. The summed E-state index contributed by atoms with van der Waals surface area (Å²) in [5.41, 5.74) is 2.95. The fourth-order valence-electron chi connectivity index (χ4n) is 1.69. The van der Waals surface area contributed by atoms with Crippen molar-refractivity contribution in [3.05, 3.63) is 21.5 Å². The molecule has 2 heterocycles. The van der Waals surface area contributed by atoms with Gasteiger partial charge < -0.3 is 4.98 Å². The number of aromatic nitrogens is 4. The molecule has 0 bridgehead atoms. The maximum absolute atomic E-state index is 5.25. The molecule has 2 rings (SSSR count). The van der Waals surface area contributed by atoms with E-state index in [1.807, 2.05) is 23.2 Å². The van der Waals surface area contributed by atoms with Crippen LogP contribution < -0.4 is 0 Å². The number of hydrogen-bond acceptors (Lipinski definition) is 2. The standard InChI is InChI=1S/C9H11BrN4S/c1-5(10)4-14-8-7(11-9(14)15)6(2)12-13(8)3/h1,4H2,2-3H3,(H,11,15). The molecule has 0 aliphatic carbocycles. The van der Waals surface area contributed by atoms with Crippen molar-refractivity contribution >= 4 is 39.3 Å². The van der Waals surface area contributed by atoms with E-state index in [2.05, 4.69) is 32.6 Å². The number of hydrogen-bond donors (Lipinski definition) is 1. The van der Waals surface area contributed by atoms with Crippen LogP contribution in [0, 0.1) is 11.7 Å². The van der Waals surface area contributed by atoms with Crippen molar-refractivity contribution in [3.63, 3.8) is 0 Å². The van der Waals surface area contributed by atoms with Gasteiger partial charge in [-0.2, -0.15) is 5.10 Å². The van der Waals surface area contributed by atoms with Gasteiger partial charge in [0.15, 0.2) is 10.4 Å². The predicted molar refractivity (Wildman–Crippen MR) is 66.7 cm³/mol. The summed E-state index contributed by atoms with van der Waals surface area (Å²) >= 11 is 8.59. The van der Waals surface area contributed by atoms with Gasteiger partial charge in [0, 0.05) is 11.5 Å². The smallest absolute Gasteiger partial charge is 0.179 e. The molecule has 0 radical (unpaired) electrons. The average molecular weight is 287 g/mol. The Morgan fingerprint density at radius 1 is 1.67 bits per heavy atom. The van der Waals surface area contributed by atoms with Crippen LogP contribution in [0.3, 0.4) is 0 Å². The van der Waals surface area contributed by atoms with Crippen LogP contribution in [0.4, 0.5) is 0 Å². The number of halogens is 1. The minimum atomic E-state index is 0.651. The summed E-state index contributed by atoms with van der Waals surface area (Å²) in [5, 5.41) is 4.33. The van der Waals surface area contributed by atoms with Crippen molar-refractivity contribution in [1.29, 1.82) is 0 Å². The first kappa shape index (κ1) is 10.6. The molecule has 2 aromatic rings. The number of aryl methyl sites for hydroxylation is 2. The molecular weight excluding hydrogens is 276 g/mol. The minimum absolute atomic E-state index is 0.651. The summed E-state index contributed by atoms with van der Waals surface area (Å²) < 4.78 is 5.38.